The van der Waals surface area contributed by atoms with Crippen molar-refractivity contribution in [3.8, 4) is 0 Å². The summed E-state index contributed by atoms with van der Waals surface area (Å²) in [4.78, 5) is 0. The predicted octanol–water partition coefficient (Wildman–Crippen LogP) is 2.67. The molecule has 0 aromatic heterocycles. The molecule has 0 bridgehead atoms. The van der Waals surface area contributed by atoms with Crippen LogP contribution in [0.15, 0.2) is 11.9 Å². The van der Waals surface area contributed by atoms with Gasteiger partial charge in [0, 0.05) is 13.0 Å². The summed E-state index contributed by atoms with van der Waals surface area (Å²) < 4.78 is 37.7. The molecule has 0 aromatic rings. The number of allylic oxidation sites excluding steroid dienone is 2. The number of hydrogen-bond donors (Lipinski definition) is 1. The summed E-state index contributed by atoms with van der Waals surface area (Å²) in [5.74, 6) is -0.605. The van der Waals surface area contributed by atoms with E-state index in [1.807, 2.05) is 0 Å². The molecule has 0 aliphatic rings. The molecular formula is C9H16F3N. The lowest BCUT2D eigenvalue weighted by Gasteiger charge is -2.20. The van der Waals surface area contributed by atoms with E-state index in [-0.39, 0.29) is 25.8 Å². The fourth-order valence-corrected chi connectivity index (χ4v) is 0.952. The van der Waals surface area contributed by atoms with Gasteiger partial charge in [-0.05, 0) is 18.9 Å². The molecule has 0 saturated heterocycles. The molecular weight excluding hydrogens is 179 g/mol. The molecule has 0 aliphatic heterocycles. The molecule has 0 saturated carbocycles. The van der Waals surface area contributed by atoms with Gasteiger partial charge in [-0.2, -0.15) is 0 Å². The van der Waals surface area contributed by atoms with E-state index in [4.69, 9.17) is 5.73 Å². The summed E-state index contributed by atoms with van der Waals surface area (Å²) in [6, 6.07) is 0. The van der Waals surface area contributed by atoms with Crippen LogP contribution in [0.4, 0.5) is 13.2 Å². The SMILES string of the molecule is CCC(F)(CN)CC/C(F)=C\CF. The molecule has 1 atom stereocenters. The summed E-state index contributed by atoms with van der Waals surface area (Å²) >= 11 is 0. The van der Waals surface area contributed by atoms with Gasteiger partial charge in [-0.1, -0.05) is 6.92 Å². The van der Waals surface area contributed by atoms with E-state index in [9.17, 15) is 13.2 Å². The first-order valence-corrected chi connectivity index (χ1v) is 4.37. The van der Waals surface area contributed by atoms with Crippen LogP contribution in [-0.4, -0.2) is 18.9 Å². The Morgan fingerprint density at radius 2 is 2.15 bits per heavy atom. The number of rotatable bonds is 6. The fourth-order valence-electron chi connectivity index (χ4n) is 0.952. The maximum Gasteiger partial charge on any atom is 0.123 e. The van der Waals surface area contributed by atoms with Crippen molar-refractivity contribution in [3.05, 3.63) is 11.9 Å². The Bertz CT molecular complexity index is 164. The van der Waals surface area contributed by atoms with Gasteiger partial charge < -0.3 is 5.73 Å². The molecule has 0 radical (unpaired) electrons. The Balaban J connectivity index is 3.92. The van der Waals surface area contributed by atoms with Gasteiger partial charge in [-0.3, -0.25) is 0 Å². The second-order valence-corrected chi connectivity index (χ2v) is 3.01. The molecule has 2 N–H and O–H groups in total. The topological polar surface area (TPSA) is 26.0 Å². The second kappa shape index (κ2) is 6.02. The van der Waals surface area contributed by atoms with Crippen LogP contribution in [0.5, 0.6) is 0 Å². The molecule has 4 heteroatoms. The van der Waals surface area contributed by atoms with E-state index in [0.717, 1.165) is 6.08 Å². The van der Waals surface area contributed by atoms with Gasteiger partial charge in [0.1, 0.15) is 12.3 Å². The number of hydrogen-bond acceptors (Lipinski definition) is 1. The molecule has 0 spiro atoms. The molecule has 0 heterocycles. The zero-order valence-electron chi connectivity index (χ0n) is 7.82. The average Bonchev–Trinajstić information content (AvgIpc) is 2.15. The van der Waals surface area contributed by atoms with Crippen molar-refractivity contribution in [2.75, 3.05) is 13.2 Å². The summed E-state index contributed by atoms with van der Waals surface area (Å²) in [6.45, 7) is 0.690. The van der Waals surface area contributed by atoms with Crippen molar-refractivity contribution in [1.82, 2.24) is 0 Å². The predicted molar refractivity (Wildman–Crippen MR) is 47.6 cm³/mol. The third-order valence-corrected chi connectivity index (χ3v) is 2.11. The second-order valence-electron chi connectivity index (χ2n) is 3.01. The Kier molecular flexibility index (Phi) is 5.79. The molecule has 78 valence electrons. The number of nitrogens with two attached hydrogens (primary N) is 1. The maximum atomic E-state index is 13.4. The lowest BCUT2D eigenvalue weighted by atomic mass is 9.96. The summed E-state index contributed by atoms with van der Waals surface area (Å²) in [5, 5.41) is 0. The summed E-state index contributed by atoms with van der Waals surface area (Å²) in [5.41, 5.74) is 3.67. The Morgan fingerprint density at radius 3 is 2.54 bits per heavy atom. The Labute approximate surface area is 76.8 Å². The fraction of sp³-hybridized carbons (Fsp3) is 0.778. The lowest BCUT2D eigenvalue weighted by Crippen LogP contribution is -2.32. The molecule has 0 aliphatic carbocycles. The smallest absolute Gasteiger partial charge is 0.123 e. The van der Waals surface area contributed by atoms with Crippen LogP contribution >= 0.6 is 0 Å². The van der Waals surface area contributed by atoms with Crippen molar-refractivity contribution in [1.29, 1.82) is 0 Å². The molecule has 13 heavy (non-hydrogen) atoms. The Morgan fingerprint density at radius 1 is 1.54 bits per heavy atom. The van der Waals surface area contributed by atoms with Gasteiger partial charge in [0.15, 0.2) is 0 Å². The van der Waals surface area contributed by atoms with E-state index in [0.29, 0.717) is 0 Å². The first-order valence-electron chi connectivity index (χ1n) is 4.37. The number of alkyl halides is 2. The van der Waals surface area contributed by atoms with Gasteiger partial charge in [0.2, 0.25) is 0 Å². The highest BCUT2D eigenvalue weighted by Crippen LogP contribution is 2.23. The quantitative estimate of drug-likeness (QED) is 0.692. The first-order chi connectivity index (χ1) is 6.08. The highest BCUT2D eigenvalue weighted by atomic mass is 19.1. The summed E-state index contributed by atoms with van der Waals surface area (Å²) in [7, 11) is 0. The molecule has 0 amide bonds. The van der Waals surface area contributed by atoms with Crippen LogP contribution in [0.3, 0.4) is 0 Å². The maximum absolute atomic E-state index is 13.4. The van der Waals surface area contributed by atoms with Gasteiger partial charge in [-0.15, -0.1) is 0 Å². The molecule has 1 unspecified atom stereocenters. The molecule has 0 aromatic carbocycles. The van der Waals surface area contributed by atoms with Crippen LogP contribution in [0.2, 0.25) is 0 Å². The monoisotopic (exact) mass is 195 g/mol. The van der Waals surface area contributed by atoms with Gasteiger partial charge in [0.05, 0.1) is 5.83 Å². The summed E-state index contributed by atoms with van der Waals surface area (Å²) in [6.07, 6.45) is 1.01. The third-order valence-electron chi connectivity index (χ3n) is 2.11. The molecule has 1 nitrogen and oxygen atoms in total. The van der Waals surface area contributed by atoms with E-state index in [2.05, 4.69) is 0 Å². The van der Waals surface area contributed by atoms with E-state index in [1.165, 1.54) is 0 Å². The zero-order valence-corrected chi connectivity index (χ0v) is 7.82. The largest absolute Gasteiger partial charge is 0.328 e. The Hall–Kier alpha value is -0.510. The van der Waals surface area contributed by atoms with Crippen molar-refractivity contribution >= 4 is 0 Å². The minimum Gasteiger partial charge on any atom is -0.328 e. The van der Waals surface area contributed by atoms with Gasteiger partial charge in [0.25, 0.3) is 0 Å². The normalized spacial score (nSPS) is 17.2. The van der Waals surface area contributed by atoms with Crippen LogP contribution < -0.4 is 5.73 Å². The van der Waals surface area contributed by atoms with Crippen LogP contribution in [0.25, 0.3) is 0 Å². The van der Waals surface area contributed by atoms with Crippen LogP contribution in [0, 0.1) is 0 Å². The van der Waals surface area contributed by atoms with Crippen molar-refractivity contribution in [2.24, 2.45) is 5.73 Å². The van der Waals surface area contributed by atoms with Crippen LogP contribution in [-0.2, 0) is 0 Å². The van der Waals surface area contributed by atoms with E-state index in [1.54, 1.807) is 6.92 Å². The zero-order chi connectivity index (χ0) is 10.3. The van der Waals surface area contributed by atoms with Crippen molar-refractivity contribution < 1.29 is 13.2 Å². The third kappa shape index (κ3) is 4.93. The minimum atomic E-state index is -1.51. The van der Waals surface area contributed by atoms with E-state index < -0.39 is 18.2 Å². The standard InChI is InChI=1S/C9H16F3N/c1-2-9(12,7-13)5-3-8(11)4-6-10/h4H,2-3,5-7,13H2,1H3/b8-4+. The highest BCUT2D eigenvalue weighted by Gasteiger charge is 2.25. The highest BCUT2D eigenvalue weighted by molar-refractivity contribution is 4.94. The number of halogens is 3. The van der Waals surface area contributed by atoms with Crippen LogP contribution in [0.1, 0.15) is 26.2 Å². The van der Waals surface area contributed by atoms with Gasteiger partial charge in [-0.25, -0.2) is 13.2 Å². The minimum absolute atomic E-state index is 0.0162. The molecule has 0 fully saturated rings. The average molecular weight is 195 g/mol. The van der Waals surface area contributed by atoms with Crippen molar-refractivity contribution in [2.45, 2.75) is 31.9 Å². The molecule has 0 rings (SSSR count). The lowest BCUT2D eigenvalue weighted by molar-refractivity contribution is 0.151. The van der Waals surface area contributed by atoms with Gasteiger partial charge >= 0.3 is 0 Å². The van der Waals surface area contributed by atoms with Crippen molar-refractivity contribution in [3.63, 3.8) is 0 Å². The van der Waals surface area contributed by atoms with E-state index >= 15 is 0 Å². The first kappa shape index (κ1) is 12.5.